The summed E-state index contributed by atoms with van der Waals surface area (Å²) >= 11 is 3.36. The average molecular weight is 327 g/mol. The number of halogens is 1. The number of rotatable bonds is 6. The lowest BCUT2D eigenvalue weighted by Crippen LogP contribution is -2.31. The fourth-order valence-corrected chi connectivity index (χ4v) is 2.01. The van der Waals surface area contributed by atoms with Crippen LogP contribution in [0, 0.1) is 5.41 Å². The van der Waals surface area contributed by atoms with Gasteiger partial charge in [0.25, 0.3) is 5.91 Å². The first-order valence-corrected chi connectivity index (χ1v) is 7.42. The molecule has 0 radical (unpaired) electrons. The molecule has 1 rings (SSSR count). The molecule has 2 N–H and O–H groups in total. The van der Waals surface area contributed by atoms with Crippen LogP contribution in [0.2, 0.25) is 0 Å². The molecule has 4 heteroatoms. The van der Waals surface area contributed by atoms with Crippen LogP contribution < -0.4 is 10.6 Å². The van der Waals surface area contributed by atoms with E-state index in [1.165, 1.54) is 0 Å². The second kappa shape index (κ2) is 7.65. The Hall–Kier alpha value is -0.870. The van der Waals surface area contributed by atoms with Crippen molar-refractivity contribution in [2.45, 2.75) is 27.2 Å². The van der Waals surface area contributed by atoms with Crippen molar-refractivity contribution in [3.8, 4) is 0 Å². The zero-order chi connectivity index (χ0) is 14.3. The number of nitrogens with one attached hydrogen (secondary N) is 2. The van der Waals surface area contributed by atoms with Gasteiger partial charge in [-0.15, -0.1) is 0 Å². The summed E-state index contributed by atoms with van der Waals surface area (Å²) in [6.45, 7) is 9.23. The largest absolute Gasteiger partial charge is 0.352 e. The van der Waals surface area contributed by atoms with E-state index in [2.05, 4.69) is 47.3 Å². The summed E-state index contributed by atoms with van der Waals surface area (Å²) in [6, 6.07) is 7.42. The Morgan fingerprint density at radius 2 is 2.00 bits per heavy atom. The summed E-state index contributed by atoms with van der Waals surface area (Å²) in [4.78, 5) is 11.8. The minimum absolute atomic E-state index is 0.0166. The molecule has 106 valence electrons. The first-order valence-electron chi connectivity index (χ1n) is 6.63. The smallest absolute Gasteiger partial charge is 0.251 e. The molecular weight excluding hydrogens is 304 g/mol. The molecule has 0 unspecified atom stereocenters. The first kappa shape index (κ1) is 16.2. The van der Waals surface area contributed by atoms with Gasteiger partial charge < -0.3 is 10.6 Å². The molecule has 0 fully saturated rings. The number of carbonyl (C=O) groups is 1. The van der Waals surface area contributed by atoms with E-state index in [4.69, 9.17) is 0 Å². The van der Waals surface area contributed by atoms with E-state index >= 15 is 0 Å². The van der Waals surface area contributed by atoms with Gasteiger partial charge in [0.2, 0.25) is 0 Å². The van der Waals surface area contributed by atoms with Gasteiger partial charge in [-0.05, 0) is 43.1 Å². The predicted octanol–water partition coefficient (Wildman–Crippen LogP) is 3.20. The second-order valence-electron chi connectivity index (χ2n) is 5.86. The van der Waals surface area contributed by atoms with E-state index in [1.807, 2.05) is 24.3 Å². The van der Waals surface area contributed by atoms with Crippen molar-refractivity contribution < 1.29 is 4.79 Å². The average Bonchev–Trinajstić information content (AvgIpc) is 2.32. The van der Waals surface area contributed by atoms with Crippen LogP contribution >= 0.6 is 15.9 Å². The van der Waals surface area contributed by atoms with Crippen molar-refractivity contribution in [2.24, 2.45) is 5.41 Å². The molecule has 1 aromatic rings. The van der Waals surface area contributed by atoms with Crippen LogP contribution in [-0.4, -0.2) is 25.5 Å². The van der Waals surface area contributed by atoms with Crippen molar-refractivity contribution in [3.05, 3.63) is 34.3 Å². The van der Waals surface area contributed by atoms with E-state index in [0.29, 0.717) is 17.5 Å². The molecule has 1 amide bonds. The molecule has 0 aromatic heterocycles. The maximum atomic E-state index is 11.8. The zero-order valence-corrected chi connectivity index (χ0v) is 13.5. The highest BCUT2D eigenvalue weighted by Gasteiger charge is 2.08. The molecule has 0 atom stereocenters. The van der Waals surface area contributed by atoms with Crippen molar-refractivity contribution in [2.75, 3.05) is 19.6 Å². The van der Waals surface area contributed by atoms with Gasteiger partial charge in [-0.2, -0.15) is 0 Å². The van der Waals surface area contributed by atoms with E-state index in [0.717, 1.165) is 24.0 Å². The number of hydrogen-bond donors (Lipinski definition) is 2. The molecule has 19 heavy (non-hydrogen) atoms. The Morgan fingerprint density at radius 3 is 2.63 bits per heavy atom. The molecule has 0 saturated carbocycles. The van der Waals surface area contributed by atoms with Gasteiger partial charge in [0.1, 0.15) is 0 Å². The van der Waals surface area contributed by atoms with Crippen LogP contribution in [0.1, 0.15) is 37.6 Å². The highest BCUT2D eigenvalue weighted by Crippen LogP contribution is 2.11. The quantitative estimate of drug-likeness (QED) is 0.788. The Labute approximate surface area is 124 Å². The molecule has 0 heterocycles. The molecular formula is C15H23BrN2O. The molecule has 0 aliphatic heterocycles. The van der Waals surface area contributed by atoms with Crippen LogP contribution in [0.4, 0.5) is 0 Å². The Morgan fingerprint density at radius 1 is 1.26 bits per heavy atom. The standard InChI is InChI=1S/C15H23BrN2O/c1-15(2,3)11-17-8-5-9-18-14(19)12-6-4-7-13(16)10-12/h4,6-7,10,17H,5,8-9,11H2,1-3H3,(H,18,19). The molecule has 0 aliphatic rings. The Balaban J connectivity index is 2.18. The van der Waals surface area contributed by atoms with Gasteiger partial charge in [-0.3, -0.25) is 4.79 Å². The van der Waals surface area contributed by atoms with Crippen molar-refractivity contribution in [1.29, 1.82) is 0 Å². The fourth-order valence-electron chi connectivity index (χ4n) is 1.61. The summed E-state index contributed by atoms with van der Waals surface area (Å²) < 4.78 is 0.923. The number of carbonyl (C=O) groups excluding carboxylic acids is 1. The molecule has 0 saturated heterocycles. The molecule has 0 aliphatic carbocycles. The van der Waals surface area contributed by atoms with E-state index < -0.39 is 0 Å². The highest BCUT2D eigenvalue weighted by atomic mass is 79.9. The van der Waals surface area contributed by atoms with Gasteiger partial charge in [-0.1, -0.05) is 42.8 Å². The van der Waals surface area contributed by atoms with Crippen LogP contribution in [-0.2, 0) is 0 Å². The number of hydrogen-bond acceptors (Lipinski definition) is 2. The normalized spacial score (nSPS) is 11.4. The van der Waals surface area contributed by atoms with Crippen molar-refractivity contribution in [1.82, 2.24) is 10.6 Å². The first-order chi connectivity index (χ1) is 8.88. The lowest BCUT2D eigenvalue weighted by atomic mass is 9.97. The maximum Gasteiger partial charge on any atom is 0.251 e. The lowest BCUT2D eigenvalue weighted by Gasteiger charge is -2.18. The molecule has 3 nitrogen and oxygen atoms in total. The van der Waals surface area contributed by atoms with Crippen molar-refractivity contribution in [3.63, 3.8) is 0 Å². The van der Waals surface area contributed by atoms with E-state index in [1.54, 1.807) is 0 Å². The third kappa shape index (κ3) is 7.33. The third-order valence-corrected chi connectivity index (χ3v) is 3.05. The Bertz CT molecular complexity index is 413. The van der Waals surface area contributed by atoms with Crippen LogP contribution in [0.25, 0.3) is 0 Å². The molecule has 0 spiro atoms. The van der Waals surface area contributed by atoms with E-state index in [-0.39, 0.29) is 5.91 Å². The summed E-state index contributed by atoms with van der Waals surface area (Å²) in [5, 5.41) is 6.31. The van der Waals surface area contributed by atoms with Gasteiger partial charge in [0.05, 0.1) is 0 Å². The lowest BCUT2D eigenvalue weighted by molar-refractivity contribution is 0.0953. The fraction of sp³-hybridized carbons (Fsp3) is 0.533. The molecule has 1 aromatic carbocycles. The van der Waals surface area contributed by atoms with Crippen molar-refractivity contribution >= 4 is 21.8 Å². The van der Waals surface area contributed by atoms with E-state index in [9.17, 15) is 4.79 Å². The Kier molecular flexibility index (Phi) is 6.52. The predicted molar refractivity (Wildman–Crippen MR) is 83.4 cm³/mol. The summed E-state index contributed by atoms with van der Waals surface area (Å²) in [6.07, 6.45) is 0.940. The van der Waals surface area contributed by atoms with Crippen LogP contribution in [0.3, 0.4) is 0 Å². The SMILES string of the molecule is CC(C)(C)CNCCCNC(=O)c1cccc(Br)c1. The van der Waals surface area contributed by atoms with Crippen LogP contribution in [0.5, 0.6) is 0 Å². The summed E-state index contributed by atoms with van der Waals surface area (Å²) in [5.74, 6) is -0.0166. The molecule has 0 bridgehead atoms. The minimum Gasteiger partial charge on any atom is -0.352 e. The maximum absolute atomic E-state index is 11.8. The van der Waals surface area contributed by atoms with Gasteiger partial charge in [-0.25, -0.2) is 0 Å². The highest BCUT2D eigenvalue weighted by molar-refractivity contribution is 9.10. The van der Waals surface area contributed by atoms with Gasteiger partial charge in [0.15, 0.2) is 0 Å². The van der Waals surface area contributed by atoms with Gasteiger partial charge in [0, 0.05) is 16.6 Å². The zero-order valence-electron chi connectivity index (χ0n) is 11.9. The van der Waals surface area contributed by atoms with Crippen LogP contribution in [0.15, 0.2) is 28.7 Å². The second-order valence-corrected chi connectivity index (χ2v) is 6.77. The topological polar surface area (TPSA) is 41.1 Å². The summed E-state index contributed by atoms with van der Waals surface area (Å²) in [5.41, 5.74) is 0.997. The monoisotopic (exact) mass is 326 g/mol. The van der Waals surface area contributed by atoms with Gasteiger partial charge >= 0.3 is 0 Å². The number of benzene rings is 1. The number of amides is 1. The minimum atomic E-state index is -0.0166. The third-order valence-electron chi connectivity index (χ3n) is 2.56. The summed E-state index contributed by atoms with van der Waals surface area (Å²) in [7, 11) is 0.